The van der Waals surface area contributed by atoms with Crippen molar-refractivity contribution < 1.29 is 9.59 Å². The van der Waals surface area contributed by atoms with Gasteiger partial charge in [0.05, 0.1) is 0 Å². The molecule has 2 nitrogen and oxygen atoms in total. The minimum Gasteiger partial charge on any atom is -0.280 e. The lowest BCUT2D eigenvalue weighted by atomic mass is 10.2. The first-order chi connectivity index (χ1) is 3.55. The summed E-state index contributed by atoms with van der Waals surface area (Å²) in [5.74, 6) is -0.877. The zero-order valence-corrected chi connectivity index (χ0v) is 8.11. The number of carbonyl (C=O) groups excluding carboxylic acids is 2. The lowest BCUT2D eigenvalue weighted by Gasteiger charge is -1.93. The molecule has 0 amide bonds. The van der Waals surface area contributed by atoms with E-state index >= 15 is 0 Å². The first-order valence-electron chi connectivity index (χ1n) is 1.94. The second kappa shape index (κ2) is 7.61. The van der Waals surface area contributed by atoms with Gasteiger partial charge in [0.2, 0.25) is 10.5 Å². The summed E-state index contributed by atoms with van der Waals surface area (Å²) in [5.41, 5.74) is 0. The highest BCUT2D eigenvalue weighted by atomic mass is 35.5. The van der Waals surface area contributed by atoms with Crippen LogP contribution in [0.3, 0.4) is 0 Å². The molecule has 0 aromatic heterocycles. The lowest BCUT2D eigenvalue weighted by Crippen LogP contribution is -2.10. The summed E-state index contributed by atoms with van der Waals surface area (Å²) in [4.78, 5) is 20.1. The normalized spacial score (nSPS) is 7.60. The number of hydrogen-bond acceptors (Lipinski definition) is 2. The van der Waals surface area contributed by atoms with Crippen molar-refractivity contribution in [1.29, 1.82) is 0 Å². The van der Waals surface area contributed by atoms with Gasteiger partial charge < -0.3 is 0 Å². The van der Waals surface area contributed by atoms with Crippen molar-refractivity contribution in [2.45, 2.75) is 6.92 Å². The van der Waals surface area contributed by atoms with Crippen LogP contribution in [0.5, 0.6) is 0 Å². The zero-order chi connectivity index (χ0) is 6.73. The van der Waals surface area contributed by atoms with Crippen molar-refractivity contribution in [3.63, 3.8) is 0 Å². The van der Waals surface area contributed by atoms with E-state index in [0.29, 0.717) is 0 Å². The van der Waals surface area contributed by atoms with Crippen LogP contribution >= 0.6 is 48.0 Å². The third kappa shape index (κ3) is 6.62. The number of halogens is 4. The summed E-state index contributed by atoms with van der Waals surface area (Å²) in [7, 11) is 0. The van der Waals surface area contributed by atoms with E-state index in [4.69, 9.17) is 23.2 Å². The average Bonchev–Trinajstić information content (AvgIpc) is 1.64. The molecule has 0 heterocycles. The molecule has 0 radical (unpaired) electrons. The van der Waals surface area contributed by atoms with Gasteiger partial charge in [-0.05, 0) is 30.1 Å². The quantitative estimate of drug-likeness (QED) is 0.534. The molecule has 10 heavy (non-hydrogen) atoms. The fourth-order valence-corrected chi connectivity index (χ4v) is 0.343. The second-order valence-corrected chi connectivity index (χ2v) is 2.07. The Balaban J connectivity index is -0.000000245. The maximum Gasteiger partial charge on any atom is 0.233 e. The van der Waals surface area contributed by atoms with Crippen molar-refractivity contribution >= 4 is 58.5 Å². The van der Waals surface area contributed by atoms with E-state index in [1.807, 2.05) is 0 Å². The fraction of sp³-hybridized carbons (Fsp3) is 0.500. The molecule has 62 valence electrons. The Kier molecular flexibility index (Phi) is 12.8. The van der Waals surface area contributed by atoms with Crippen molar-refractivity contribution in [3.8, 4) is 0 Å². The molecule has 0 rings (SSSR count). The van der Waals surface area contributed by atoms with Gasteiger partial charge in [0.1, 0.15) is 5.92 Å². The predicted molar refractivity (Wildman–Crippen MR) is 45.4 cm³/mol. The number of carbonyl (C=O) groups is 2. The summed E-state index contributed by atoms with van der Waals surface area (Å²) in [5, 5.41) is -1.44. The molecule has 6 heteroatoms. The highest BCUT2D eigenvalue weighted by Gasteiger charge is 2.15. The summed E-state index contributed by atoms with van der Waals surface area (Å²) in [6.45, 7) is 1.35. The first kappa shape index (κ1) is 16.8. The van der Waals surface area contributed by atoms with Crippen molar-refractivity contribution in [3.05, 3.63) is 0 Å². The van der Waals surface area contributed by atoms with Gasteiger partial charge in [-0.25, -0.2) is 0 Å². The van der Waals surface area contributed by atoms with Gasteiger partial charge in [0.15, 0.2) is 0 Å². The Morgan fingerprint density at radius 1 is 1.10 bits per heavy atom. The SMILES string of the molecule is CC(C(=O)Cl)C(=O)Cl.Cl.Cl. The summed E-state index contributed by atoms with van der Waals surface area (Å²) >= 11 is 9.76. The van der Waals surface area contributed by atoms with E-state index in [1.54, 1.807) is 0 Å². The Morgan fingerprint density at radius 3 is 1.30 bits per heavy atom. The maximum absolute atomic E-state index is 10.0. The monoisotopic (exact) mass is 226 g/mol. The van der Waals surface area contributed by atoms with Crippen LogP contribution in [0.4, 0.5) is 0 Å². The van der Waals surface area contributed by atoms with Crippen molar-refractivity contribution in [2.24, 2.45) is 5.92 Å². The van der Waals surface area contributed by atoms with Gasteiger partial charge in [-0.2, -0.15) is 0 Å². The molecule has 0 N–H and O–H groups in total. The van der Waals surface area contributed by atoms with Gasteiger partial charge in [-0.3, -0.25) is 9.59 Å². The minimum atomic E-state index is -0.877. The zero-order valence-electron chi connectivity index (χ0n) is 4.97. The molecule has 0 spiro atoms. The number of hydrogen-bond donors (Lipinski definition) is 0. The van der Waals surface area contributed by atoms with Gasteiger partial charge in [-0.1, -0.05) is 0 Å². The molecule has 0 aromatic rings. The second-order valence-electron chi connectivity index (χ2n) is 1.33. The van der Waals surface area contributed by atoms with Gasteiger partial charge in [0.25, 0.3) is 0 Å². The Bertz CT molecular complexity index is 110. The molecule has 0 aliphatic heterocycles. The van der Waals surface area contributed by atoms with Crippen LogP contribution < -0.4 is 0 Å². The fourth-order valence-electron chi connectivity index (χ4n) is 0.0892. The highest BCUT2D eigenvalue weighted by Crippen LogP contribution is 2.03. The Hall–Kier alpha value is 0.500. The molecule has 0 aliphatic carbocycles. The molecule has 0 saturated carbocycles. The third-order valence-electron chi connectivity index (χ3n) is 0.681. The highest BCUT2D eigenvalue weighted by molar-refractivity contribution is 6.73. The van der Waals surface area contributed by atoms with Crippen LogP contribution in [0.25, 0.3) is 0 Å². The predicted octanol–water partition coefficient (Wildman–Crippen LogP) is 2.00. The van der Waals surface area contributed by atoms with Crippen LogP contribution in [0.1, 0.15) is 6.92 Å². The summed E-state index contributed by atoms with van der Waals surface area (Å²) < 4.78 is 0. The molecule has 0 bridgehead atoms. The van der Waals surface area contributed by atoms with E-state index < -0.39 is 16.4 Å². The summed E-state index contributed by atoms with van der Waals surface area (Å²) in [6.07, 6.45) is 0. The van der Waals surface area contributed by atoms with Crippen LogP contribution in [-0.4, -0.2) is 10.5 Å². The van der Waals surface area contributed by atoms with Crippen molar-refractivity contribution in [1.82, 2.24) is 0 Å². The third-order valence-corrected chi connectivity index (χ3v) is 1.34. The minimum absolute atomic E-state index is 0. The van der Waals surface area contributed by atoms with E-state index in [2.05, 4.69) is 0 Å². The number of rotatable bonds is 2. The largest absolute Gasteiger partial charge is 0.280 e. The Labute approximate surface area is 81.1 Å². The molecule has 0 aliphatic rings. The summed E-state index contributed by atoms with van der Waals surface area (Å²) in [6, 6.07) is 0. The average molecular weight is 228 g/mol. The van der Waals surface area contributed by atoms with Gasteiger partial charge >= 0.3 is 0 Å². The molecule has 0 unspecified atom stereocenters. The van der Waals surface area contributed by atoms with E-state index in [0.717, 1.165) is 0 Å². The maximum atomic E-state index is 10.0. The smallest absolute Gasteiger partial charge is 0.233 e. The van der Waals surface area contributed by atoms with Crippen LogP contribution in [0, 0.1) is 5.92 Å². The molecular formula is C4H6Cl4O2. The van der Waals surface area contributed by atoms with Gasteiger partial charge in [-0.15, -0.1) is 24.8 Å². The van der Waals surface area contributed by atoms with Crippen LogP contribution in [0.2, 0.25) is 0 Å². The van der Waals surface area contributed by atoms with Crippen molar-refractivity contribution in [2.75, 3.05) is 0 Å². The van der Waals surface area contributed by atoms with Gasteiger partial charge in [0, 0.05) is 0 Å². The molecule has 0 saturated heterocycles. The molecule has 0 atom stereocenters. The molecule has 0 aromatic carbocycles. The molecular weight excluding hydrogens is 222 g/mol. The Morgan fingerprint density at radius 2 is 1.30 bits per heavy atom. The van der Waals surface area contributed by atoms with E-state index in [9.17, 15) is 9.59 Å². The van der Waals surface area contributed by atoms with Crippen LogP contribution in [-0.2, 0) is 9.59 Å². The lowest BCUT2D eigenvalue weighted by molar-refractivity contribution is -0.123. The topological polar surface area (TPSA) is 34.1 Å². The van der Waals surface area contributed by atoms with Crippen LogP contribution in [0.15, 0.2) is 0 Å². The first-order valence-corrected chi connectivity index (χ1v) is 2.70. The van der Waals surface area contributed by atoms with E-state index in [1.165, 1.54) is 6.92 Å². The van der Waals surface area contributed by atoms with E-state index in [-0.39, 0.29) is 24.8 Å². The standard InChI is InChI=1S/C4H4Cl2O2.2ClH/c1-2(3(5)7)4(6)8;;/h2H,1H3;2*1H. The molecule has 0 fully saturated rings.